The third-order valence-corrected chi connectivity index (χ3v) is 4.39. The molecule has 1 amide bonds. The average molecular weight is 334 g/mol. The molecule has 2 heterocycles. The van der Waals surface area contributed by atoms with Crippen LogP contribution in [0.25, 0.3) is 10.9 Å². The average Bonchev–Trinajstić information content (AvgIpc) is 2.68. The van der Waals surface area contributed by atoms with E-state index in [9.17, 15) is 4.79 Å². The highest BCUT2D eigenvalue weighted by molar-refractivity contribution is 5.96. The molecule has 126 valence electrons. The SMILES string of the molecule is NC(=O)c1nc(N2CCOC[C@@H]2c2ccccc2)c2ccccc2n1. The molecule has 0 unspecified atom stereocenters. The van der Waals surface area contributed by atoms with Gasteiger partial charge in [-0.3, -0.25) is 4.79 Å². The van der Waals surface area contributed by atoms with Crippen LogP contribution < -0.4 is 10.6 Å². The summed E-state index contributed by atoms with van der Waals surface area (Å²) in [5.74, 6) is 0.125. The summed E-state index contributed by atoms with van der Waals surface area (Å²) < 4.78 is 5.70. The molecular weight excluding hydrogens is 316 g/mol. The number of carbonyl (C=O) groups excluding carboxylic acids is 1. The Labute approximate surface area is 145 Å². The van der Waals surface area contributed by atoms with E-state index in [1.165, 1.54) is 0 Å². The molecule has 0 spiro atoms. The molecule has 1 fully saturated rings. The normalized spacial score (nSPS) is 17.6. The number of nitrogens with zero attached hydrogens (tertiary/aromatic N) is 3. The monoisotopic (exact) mass is 334 g/mol. The highest BCUT2D eigenvalue weighted by atomic mass is 16.5. The Morgan fingerprint density at radius 1 is 1.08 bits per heavy atom. The van der Waals surface area contributed by atoms with Crippen molar-refractivity contribution in [3.05, 3.63) is 66.0 Å². The summed E-state index contributed by atoms with van der Waals surface area (Å²) in [6, 6.07) is 17.8. The van der Waals surface area contributed by atoms with Gasteiger partial charge in [-0.25, -0.2) is 9.97 Å². The van der Waals surface area contributed by atoms with Crippen LogP contribution in [0.5, 0.6) is 0 Å². The molecule has 25 heavy (non-hydrogen) atoms. The summed E-state index contributed by atoms with van der Waals surface area (Å²) in [6.07, 6.45) is 0. The number of hydrogen-bond acceptors (Lipinski definition) is 5. The number of benzene rings is 2. The van der Waals surface area contributed by atoms with Gasteiger partial charge in [0.2, 0.25) is 5.82 Å². The number of rotatable bonds is 3. The second-order valence-electron chi connectivity index (χ2n) is 5.95. The lowest BCUT2D eigenvalue weighted by Crippen LogP contribution is -2.40. The highest BCUT2D eigenvalue weighted by Crippen LogP contribution is 2.32. The number of anilines is 1. The number of para-hydroxylation sites is 1. The minimum absolute atomic E-state index is 0.0222. The number of aromatic nitrogens is 2. The topological polar surface area (TPSA) is 81.3 Å². The van der Waals surface area contributed by atoms with Gasteiger partial charge in [-0.05, 0) is 17.7 Å². The lowest BCUT2D eigenvalue weighted by molar-refractivity contribution is 0.0937. The first kappa shape index (κ1) is 15.5. The maximum Gasteiger partial charge on any atom is 0.286 e. The number of hydrogen-bond donors (Lipinski definition) is 1. The Morgan fingerprint density at radius 2 is 1.84 bits per heavy atom. The summed E-state index contributed by atoms with van der Waals surface area (Å²) in [7, 11) is 0. The fourth-order valence-corrected chi connectivity index (χ4v) is 3.20. The Morgan fingerprint density at radius 3 is 2.64 bits per heavy atom. The van der Waals surface area contributed by atoms with Crippen LogP contribution in [-0.4, -0.2) is 35.6 Å². The molecule has 1 aliphatic heterocycles. The maximum absolute atomic E-state index is 11.7. The van der Waals surface area contributed by atoms with Crippen molar-refractivity contribution in [2.45, 2.75) is 6.04 Å². The number of carbonyl (C=O) groups is 1. The van der Waals surface area contributed by atoms with Crippen LogP contribution >= 0.6 is 0 Å². The fourth-order valence-electron chi connectivity index (χ4n) is 3.20. The zero-order valence-corrected chi connectivity index (χ0v) is 13.6. The van der Waals surface area contributed by atoms with Gasteiger partial charge in [0, 0.05) is 11.9 Å². The molecule has 6 nitrogen and oxygen atoms in total. The Hall–Kier alpha value is -2.99. The van der Waals surface area contributed by atoms with Gasteiger partial charge in [-0.1, -0.05) is 42.5 Å². The van der Waals surface area contributed by atoms with E-state index in [-0.39, 0.29) is 11.9 Å². The largest absolute Gasteiger partial charge is 0.377 e. The van der Waals surface area contributed by atoms with Crippen molar-refractivity contribution in [3.8, 4) is 0 Å². The first-order valence-electron chi connectivity index (χ1n) is 8.20. The molecule has 2 N–H and O–H groups in total. The fraction of sp³-hybridized carbons (Fsp3) is 0.211. The number of primary amides is 1. The zero-order chi connectivity index (χ0) is 17.2. The molecule has 1 saturated heterocycles. The maximum atomic E-state index is 11.7. The highest BCUT2D eigenvalue weighted by Gasteiger charge is 2.28. The van der Waals surface area contributed by atoms with Crippen molar-refractivity contribution in [2.75, 3.05) is 24.7 Å². The summed E-state index contributed by atoms with van der Waals surface area (Å²) in [5.41, 5.74) is 7.29. The van der Waals surface area contributed by atoms with Crippen molar-refractivity contribution in [2.24, 2.45) is 5.73 Å². The van der Waals surface area contributed by atoms with E-state index in [0.717, 1.165) is 16.8 Å². The van der Waals surface area contributed by atoms with E-state index in [1.807, 2.05) is 42.5 Å². The van der Waals surface area contributed by atoms with E-state index in [4.69, 9.17) is 10.5 Å². The molecule has 0 radical (unpaired) electrons. The second kappa shape index (κ2) is 6.49. The lowest BCUT2D eigenvalue weighted by Gasteiger charge is -2.37. The summed E-state index contributed by atoms with van der Waals surface area (Å²) in [6.45, 7) is 1.85. The van der Waals surface area contributed by atoms with Crippen LogP contribution in [0.2, 0.25) is 0 Å². The molecule has 3 aromatic rings. The van der Waals surface area contributed by atoms with Gasteiger partial charge >= 0.3 is 0 Å². The van der Waals surface area contributed by atoms with Crippen LogP contribution in [0.1, 0.15) is 22.2 Å². The van der Waals surface area contributed by atoms with E-state index in [2.05, 4.69) is 27.0 Å². The van der Waals surface area contributed by atoms with E-state index in [0.29, 0.717) is 25.3 Å². The molecule has 1 aliphatic rings. The van der Waals surface area contributed by atoms with Gasteiger partial charge < -0.3 is 15.4 Å². The minimum atomic E-state index is -0.628. The number of ether oxygens (including phenoxy) is 1. The first-order chi connectivity index (χ1) is 12.2. The Balaban J connectivity index is 1.87. The van der Waals surface area contributed by atoms with Crippen molar-refractivity contribution in [3.63, 3.8) is 0 Å². The summed E-state index contributed by atoms with van der Waals surface area (Å²) in [4.78, 5) is 22.6. The van der Waals surface area contributed by atoms with Gasteiger partial charge in [-0.2, -0.15) is 0 Å². The molecule has 2 aromatic carbocycles. The first-order valence-corrected chi connectivity index (χ1v) is 8.20. The number of nitrogens with two attached hydrogens (primary N) is 1. The van der Waals surface area contributed by atoms with E-state index >= 15 is 0 Å². The molecule has 4 rings (SSSR count). The van der Waals surface area contributed by atoms with Crippen LogP contribution in [0.3, 0.4) is 0 Å². The van der Waals surface area contributed by atoms with Crippen molar-refractivity contribution >= 4 is 22.6 Å². The van der Waals surface area contributed by atoms with Crippen molar-refractivity contribution in [1.82, 2.24) is 9.97 Å². The summed E-state index contributed by atoms with van der Waals surface area (Å²) in [5, 5.41) is 0.898. The van der Waals surface area contributed by atoms with Crippen LogP contribution in [0, 0.1) is 0 Å². The minimum Gasteiger partial charge on any atom is -0.377 e. The van der Waals surface area contributed by atoms with Gasteiger partial charge in [0.05, 0.1) is 24.8 Å². The van der Waals surface area contributed by atoms with Crippen LogP contribution in [-0.2, 0) is 4.74 Å². The van der Waals surface area contributed by atoms with Crippen LogP contribution in [0.15, 0.2) is 54.6 Å². The molecule has 0 saturated carbocycles. The standard InChI is InChI=1S/C19H18N4O2/c20-17(24)18-21-15-9-5-4-8-14(15)19(22-18)23-10-11-25-12-16(23)13-6-2-1-3-7-13/h1-9,16H,10-12H2,(H2,20,24)/t16-/m1/s1. The molecule has 1 atom stereocenters. The van der Waals surface area contributed by atoms with Crippen LogP contribution in [0.4, 0.5) is 5.82 Å². The third-order valence-electron chi connectivity index (χ3n) is 4.39. The predicted octanol–water partition coefficient (Wildman–Crippen LogP) is 2.31. The van der Waals surface area contributed by atoms with Gasteiger partial charge in [-0.15, -0.1) is 0 Å². The number of fused-ring (bicyclic) bond motifs is 1. The third kappa shape index (κ3) is 2.92. The zero-order valence-electron chi connectivity index (χ0n) is 13.6. The van der Waals surface area contributed by atoms with Gasteiger partial charge in [0.15, 0.2) is 0 Å². The van der Waals surface area contributed by atoms with Crippen molar-refractivity contribution in [1.29, 1.82) is 0 Å². The van der Waals surface area contributed by atoms with Gasteiger partial charge in [0.1, 0.15) is 5.82 Å². The van der Waals surface area contributed by atoms with E-state index < -0.39 is 5.91 Å². The Kier molecular flexibility index (Phi) is 4.03. The predicted molar refractivity (Wildman–Crippen MR) is 95.4 cm³/mol. The second-order valence-corrected chi connectivity index (χ2v) is 5.95. The molecule has 0 bridgehead atoms. The molecule has 1 aromatic heterocycles. The smallest absolute Gasteiger partial charge is 0.286 e. The molecular formula is C19H18N4O2. The van der Waals surface area contributed by atoms with Gasteiger partial charge in [0.25, 0.3) is 5.91 Å². The number of amides is 1. The van der Waals surface area contributed by atoms with E-state index in [1.54, 1.807) is 0 Å². The quantitative estimate of drug-likeness (QED) is 0.795. The Bertz CT molecular complexity index is 914. The van der Waals surface area contributed by atoms with Crippen molar-refractivity contribution < 1.29 is 9.53 Å². The molecule has 0 aliphatic carbocycles. The molecule has 6 heteroatoms. The lowest BCUT2D eigenvalue weighted by atomic mass is 10.0. The number of morpholine rings is 1. The summed E-state index contributed by atoms with van der Waals surface area (Å²) >= 11 is 0.